The van der Waals surface area contributed by atoms with Crippen LogP contribution in [0.5, 0.6) is 0 Å². The van der Waals surface area contributed by atoms with E-state index in [1.807, 2.05) is 18.4 Å². The second kappa shape index (κ2) is 5.51. The maximum absolute atomic E-state index is 13.8. The number of aromatic nitrogens is 2. The van der Waals surface area contributed by atoms with E-state index >= 15 is 0 Å². The molecule has 1 atom stereocenters. The lowest BCUT2D eigenvalue weighted by Gasteiger charge is -2.35. The molecule has 22 heavy (non-hydrogen) atoms. The highest BCUT2D eigenvalue weighted by atomic mass is 19.1. The van der Waals surface area contributed by atoms with Crippen LogP contribution >= 0.6 is 0 Å². The molecule has 0 radical (unpaired) electrons. The molecule has 116 valence electrons. The number of rotatable bonds is 3. The molecule has 3 rings (SSSR count). The Kier molecular flexibility index (Phi) is 3.68. The van der Waals surface area contributed by atoms with E-state index in [0.717, 1.165) is 11.8 Å². The number of carbonyl (C=O) groups excluding carboxylic acids is 1. The van der Waals surface area contributed by atoms with E-state index in [0.29, 0.717) is 12.1 Å². The SMILES string of the molecule is CC(C)C1C(=O)N(Cc2ccc(F)cc2F)Cc2cncn21. The van der Waals surface area contributed by atoms with Gasteiger partial charge in [0, 0.05) is 24.4 Å². The van der Waals surface area contributed by atoms with Crippen LogP contribution in [0, 0.1) is 17.6 Å². The van der Waals surface area contributed by atoms with Crippen LogP contribution in [0.2, 0.25) is 0 Å². The summed E-state index contributed by atoms with van der Waals surface area (Å²) >= 11 is 0. The van der Waals surface area contributed by atoms with Gasteiger partial charge in [0.05, 0.1) is 18.6 Å². The zero-order chi connectivity index (χ0) is 15.9. The predicted octanol–water partition coefficient (Wildman–Crippen LogP) is 2.90. The van der Waals surface area contributed by atoms with Crippen LogP contribution in [0.1, 0.15) is 31.1 Å². The summed E-state index contributed by atoms with van der Waals surface area (Å²) in [6, 6.07) is 3.09. The standard InChI is InChI=1S/C16H17F2N3O/c1-10(2)15-16(22)20(8-13-6-19-9-21(13)15)7-11-3-4-12(17)5-14(11)18/h3-6,9-10,15H,7-8H2,1-2H3. The fourth-order valence-corrected chi connectivity index (χ4v) is 2.88. The Balaban J connectivity index is 1.90. The molecule has 1 amide bonds. The number of hydrogen-bond donors (Lipinski definition) is 0. The summed E-state index contributed by atoms with van der Waals surface area (Å²) < 4.78 is 28.7. The first-order valence-electron chi connectivity index (χ1n) is 7.21. The summed E-state index contributed by atoms with van der Waals surface area (Å²) in [7, 11) is 0. The average Bonchev–Trinajstić information content (AvgIpc) is 2.89. The van der Waals surface area contributed by atoms with Gasteiger partial charge >= 0.3 is 0 Å². The Morgan fingerprint density at radius 3 is 2.82 bits per heavy atom. The Morgan fingerprint density at radius 1 is 1.36 bits per heavy atom. The summed E-state index contributed by atoms with van der Waals surface area (Å²) in [4.78, 5) is 18.4. The fraction of sp³-hybridized carbons (Fsp3) is 0.375. The zero-order valence-corrected chi connectivity index (χ0v) is 12.5. The highest BCUT2D eigenvalue weighted by molar-refractivity contribution is 5.81. The number of carbonyl (C=O) groups is 1. The number of benzene rings is 1. The first-order chi connectivity index (χ1) is 10.5. The number of amides is 1. The molecule has 1 aliphatic heterocycles. The lowest BCUT2D eigenvalue weighted by molar-refractivity contribution is -0.139. The molecule has 0 saturated carbocycles. The minimum atomic E-state index is -0.632. The van der Waals surface area contributed by atoms with Gasteiger partial charge in [0.2, 0.25) is 5.91 Å². The highest BCUT2D eigenvalue weighted by Gasteiger charge is 2.35. The number of imidazole rings is 1. The second-order valence-corrected chi connectivity index (χ2v) is 5.91. The third-order valence-corrected chi connectivity index (χ3v) is 3.97. The number of halogens is 2. The molecular formula is C16H17F2N3O. The van der Waals surface area contributed by atoms with Crippen molar-refractivity contribution >= 4 is 5.91 Å². The van der Waals surface area contributed by atoms with Crippen molar-refractivity contribution in [3.8, 4) is 0 Å². The molecule has 2 aromatic rings. The molecular weight excluding hydrogens is 288 g/mol. The van der Waals surface area contributed by atoms with E-state index in [2.05, 4.69) is 4.98 Å². The van der Waals surface area contributed by atoms with Crippen LogP contribution < -0.4 is 0 Å². The molecule has 4 nitrogen and oxygen atoms in total. The van der Waals surface area contributed by atoms with Gasteiger partial charge in [-0.05, 0) is 12.0 Å². The van der Waals surface area contributed by atoms with Crippen LogP contribution in [-0.4, -0.2) is 20.4 Å². The van der Waals surface area contributed by atoms with Gasteiger partial charge < -0.3 is 9.47 Å². The van der Waals surface area contributed by atoms with Gasteiger partial charge in [-0.2, -0.15) is 0 Å². The quantitative estimate of drug-likeness (QED) is 0.874. The van der Waals surface area contributed by atoms with E-state index in [-0.39, 0.29) is 24.4 Å². The van der Waals surface area contributed by atoms with Gasteiger partial charge in [-0.1, -0.05) is 19.9 Å². The van der Waals surface area contributed by atoms with E-state index in [4.69, 9.17) is 0 Å². The largest absolute Gasteiger partial charge is 0.331 e. The minimum Gasteiger partial charge on any atom is -0.331 e. The molecule has 0 spiro atoms. The van der Waals surface area contributed by atoms with E-state index < -0.39 is 11.6 Å². The van der Waals surface area contributed by atoms with Crippen LogP contribution in [-0.2, 0) is 17.9 Å². The number of fused-ring (bicyclic) bond motifs is 1. The van der Waals surface area contributed by atoms with Crippen molar-refractivity contribution in [3.63, 3.8) is 0 Å². The predicted molar refractivity (Wildman–Crippen MR) is 76.7 cm³/mol. The van der Waals surface area contributed by atoms with Gasteiger partial charge in [0.1, 0.15) is 17.7 Å². The van der Waals surface area contributed by atoms with Gasteiger partial charge in [-0.25, -0.2) is 13.8 Å². The normalized spacial score (nSPS) is 18.0. The van der Waals surface area contributed by atoms with Crippen LogP contribution in [0.25, 0.3) is 0 Å². The maximum Gasteiger partial charge on any atom is 0.246 e. The number of hydrogen-bond acceptors (Lipinski definition) is 2. The van der Waals surface area contributed by atoms with Crippen molar-refractivity contribution in [2.45, 2.75) is 33.0 Å². The summed E-state index contributed by atoms with van der Waals surface area (Å²) in [5, 5.41) is 0. The molecule has 0 aliphatic carbocycles. The number of nitrogens with zero attached hydrogens (tertiary/aromatic N) is 3. The fourth-order valence-electron chi connectivity index (χ4n) is 2.88. The maximum atomic E-state index is 13.8. The van der Waals surface area contributed by atoms with Crippen LogP contribution in [0.15, 0.2) is 30.7 Å². The average molecular weight is 305 g/mol. The van der Waals surface area contributed by atoms with Crippen molar-refractivity contribution in [2.24, 2.45) is 5.92 Å². The van der Waals surface area contributed by atoms with Crippen molar-refractivity contribution in [3.05, 3.63) is 53.6 Å². The molecule has 1 aromatic carbocycles. The third kappa shape index (κ3) is 2.49. The molecule has 2 heterocycles. The first-order valence-corrected chi connectivity index (χ1v) is 7.21. The minimum absolute atomic E-state index is 0.0655. The summed E-state index contributed by atoms with van der Waals surface area (Å²) in [6.07, 6.45) is 3.38. The zero-order valence-electron chi connectivity index (χ0n) is 12.5. The van der Waals surface area contributed by atoms with E-state index in [1.165, 1.54) is 12.1 Å². The Hall–Kier alpha value is -2.24. The first kappa shape index (κ1) is 14.7. The molecule has 1 unspecified atom stereocenters. The van der Waals surface area contributed by atoms with Crippen LogP contribution in [0.3, 0.4) is 0 Å². The van der Waals surface area contributed by atoms with Crippen molar-refractivity contribution in [2.75, 3.05) is 0 Å². The lowest BCUT2D eigenvalue weighted by Crippen LogP contribution is -2.43. The lowest BCUT2D eigenvalue weighted by atomic mass is 9.99. The summed E-state index contributed by atoms with van der Waals surface area (Å²) in [5.74, 6) is -1.22. The van der Waals surface area contributed by atoms with E-state index in [1.54, 1.807) is 17.4 Å². The molecule has 1 aliphatic rings. The Morgan fingerprint density at radius 2 is 2.14 bits per heavy atom. The topological polar surface area (TPSA) is 38.1 Å². The van der Waals surface area contributed by atoms with Crippen LogP contribution in [0.4, 0.5) is 8.78 Å². The van der Waals surface area contributed by atoms with Gasteiger partial charge in [0.15, 0.2) is 0 Å². The molecule has 0 N–H and O–H groups in total. The van der Waals surface area contributed by atoms with Gasteiger partial charge in [-0.15, -0.1) is 0 Å². The molecule has 0 bridgehead atoms. The molecule has 1 aromatic heterocycles. The smallest absolute Gasteiger partial charge is 0.246 e. The Labute approximate surface area is 127 Å². The van der Waals surface area contributed by atoms with Crippen molar-refractivity contribution in [1.29, 1.82) is 0 Å². The molecule has 0 fully saturated rings. The summed E-state index contributed by atoms with van der Waals surface area (Å²) in [5.41, 5.74) is 1.23. The monoisotopic (exact) mass is 305 g/mol. The van der Waals surface area contributed by atoms with Gasteiger partial charge in [0.25, 0.3) is 0 Å². The molecule has 0 saturated heterocycles. The van der Waals surface area contributed by atoms with Crippen molar-refractivity contribution < 1.29 is 13.6 Å². The van der Waals surface area contributed by atoms with E-state index in [9.17, 15) is 13.6 Å². The Bertz CT molecular complexity index is 711. The second-order valence-electron chi connectivity index (χ2n) is 5.91. The van der Waals surface area contributed by atoms with Gasteiger partial charge in [-0.3, -0.25) is 4.79 Å². The third-order valence-electron chi connectivity index (χ3n) is 3.97. The molecule has 6 heteroatoms. The summed E-state index contributed by atoms with van der Waals surface area (Å²) in [6.45, 7) is 4.43. The highest BCUT2D eigenvalue weighted by Crippen LogP contribution is 2.29. The van der Waals surface area contributed by atoms with Crippen molar-refractivity contribution in [1.82, 2.24) is 14.5 Å².